The van der Waals surface area contributed by atoms with Gasteiger partial charge < -0.3 is 9.38 Å². The maximum Gasteiger partial charge on any atom is 0.285 e. The number of likely N-dealkylation sites (N-methyl/N-ethyl adjacent to an activating group) is 1. The lowest BCUT2D eigenvalue weighted by Crippen LogP contribution is -2.56. The zero-order valence-electron chi connectivity index (χ0n) is 13.6. The van der Waals surface area contributed by atoms with Crippen molar-refractivity contribution < 1.29 is 9.28 Å². The lowest BCUT2D eigenvalue weighted by atomic mass is 10.1. The maximum atomic E-state index is 13.1. The molecular weight excluding hydrogens is 260 g/mol. The Morgan fingerprint density at radius 1 is 1.19 bits per heavy atom. The molecule has 3 heteroatoms. The lowest BCUT2D eigenvalue weighted by Gasteiger charge is -2.38. The number of quaternary nitrogens is 1. The van der Waals surface area contributed by atoms with Crippen LogP contribution in [0.2, 0.25) is 0 Å². The van der Waals surface area contributed by atoms with Crippen molar-refractivity contribution in [3.8, 4) is 0 Å². The Balaban J connectivity index is 1.90. The summed E-state index contributed by atoms with van der Waals surface area (Å²) in [6.45, 7) is 10.8. The Morgan fingerprint density at radius 2 is 1.81 bits per heavy atom. The second-order valence-electron chi connectivity index (χ2n) is 6.72. The highest BCUT2D eigenvalue weighted by Crippen LogP contribution is 2.34. The van der Waals surface area contributed by atoms with E-state index in [2.05, 4.69) is 43.9 Å². The first-order valence-corrected chi connectivity index (χ1v) is 8.32. The molecule has 0 saturated carbocycles. The van der Waals surface area contributed by atoms with Crippen LogP contribution >= 0.6 is 0 Å². The summed E-state index contributed by atoms with van der Waals surface area (Å²) >= 11 is 0. The summed E-state index contributed by atoms with van der Waals surface area (Å²) in [5.41, 5.74) is 3.58. The Bertz CT molecular complexity index is 526. The van der Waals surface area contributed by atoms with Gasteiger partial charge in [0, 0.05) is 31.5 Å². The molecule has 2 saturated heterocycles. The Labute approximate surface area is 128 Å². The predicted octanol–water partition coefficient (Wildman–Crippen LogP) is 3.04. The molecule has 0 radical (unpaired) electrons. The van der Waals surface area contributed by atoms with E-state index in [-0.39, 0.29) is 6.04 Å². The van der Waals surface area contributed by atoms with E-state index in [0.717, 1.165) is 29.7 Å². The summed E-state index contributed by atoms with van der Waals surface area (Å²) in [5.74, 6) is 0.358. The number of anilines is 1. The molecule has 2 heterocycles. The molecule has 1 amide bonds. The van der Waals surface area contributed by atoms with E-state index in [1.165, 1.54) is 37.1 Å². The van der Waals surface area contributed by atoms with Crippen LogP contribution in [0.25, 0.3) is 0 Å². The molecule has 0 aromatic heterocycles. The lowest BCUT2D eigenvalue weighted by molar-refractivity contribution is -0.929. The van der Waals surface area contributed by atoms with E-state index >= 15 is 0 Å². The van der Waals surface area contributed by atoms with Crippen molar-refractivity contribution in [1.82, 2.24) is 0 Å². The van der Waals surface area contributed by atoms with Gasteiger partial charge in [-0.2, -0.15) is 0 Å². The Kier molecular flexibility index (Phi) is 3.78. The van der Waals surface area contributed by atoms with Gasteiger partial charge in [-0.1, -0.05) is 18.2 Å². The van der Waals surface area contributed by atoms with Crippen LogP contribution in [0.3, 0.4) is 0 Å². The summed E-state index contributed by atoms with van der Waals surface area (Å²) in [7, 11) is 0. The van der Waals surface area contributed by atoms with Crippen LogP contribution in [0.5, 0.6) is 0 Å². The third kappa shape index (κ3) is 2.28. The minimum absolute atomic E-state index is 0.191. The highest BCUT2D eigenvalue weighted by Gasteiger charge is 2.48. The minimum atomic E-state index is 0.191. The monoisotopic (exact) mass is 287 g/mol. The third-order valence-electron chi connectivity index (χ3n) is 5.63. The quantitative estimate of drug-likeness (QED) is 0.783. The molecule has 1 aromatic carbocycles. The molecule has 114 valence electrons. The van der Waals surface area contributed by atoms with Gasteiger partial charge in [-0.05, 0) is 31.9 Å². The van der Waals surface area contributed by atoms with Crippen molar-refractivity contribution in [1.29, 1.82) is 0 Å². The second-order valence-corrected chi connectivity index (χ2v) is 6.72. The first kappa shape index (κ1) is 14.6. The minimum Gasteiger partial charge on any atom is -0.314 e. The SMILES string of the molecule is CC[N+]1(C2CCN(c3c(C)cccc3C)C2=O)CCCC1. The second kappa shape index (κ2) is 5.45. The molecule has 1 unspecified atom stereocenters. The van der Waals surface area contributed by atoms with Gasteiger partial charge in [0.15, 0.2) is 6.04 Å². The van der Waals surface area contributed by atoms with E-state index in [1.54, 1.807) is 0 Å². The maximum absolute atomic E-state index is 13.1. The average Bonchev–Trinajstić information content (AvgIpc) is 3.07. The van der Waals surface area contributed by atoms with Gasteiger partial charge in [-0.15, -0.1) is 0 Å². The van der Waals surface area contributed by atoms with Gasteiger partial charge in [0.1, 0.15) is 0 Å². The topological polar surface area (TPSA) is 20.3 Å². The van der Waals surface area contributed by atoms with Crippen LogP contribution in [0.1, 0.15) is 37.3 Å². The molecular formula is C18H27N2O+. The molecule has 2 aliphatic heterocycles. The molecule has 0 aliphatic carbocycles. The Hall–Kier alpha value is -1.35. The van der Waals surface area contributed by atoms with Gasteiger partial charge in [0.25, 0.3) is 5.91 Å². The zero-order valence-corrected chi connectivity index (χ0v) is 13.6. The van der Waals surface area contributed by atoms with Crippen molar-refractivity contribution in [3.05, 3.63) is 29.3 Å². The van der Waals surface area contributed by atoms with Gasteiger partial charge in [-0.3, -0.25) is 4.79 Å². The molecule has 3 rings (SSSR count). The van der Waals surface area contributed by atoms with Gasteiger partial charge in [0.2, 0.25) is 0 Å². The molecule has 2 fully saturated rings. The number of aryl methyl sites for hydroxylation is 2. The fourth-order valence-electron chi connectivity index (χ4n) is 4.44. The van der Waals surface area contributed by atoms with Gasteiger partial charge in [0.05, 0.1) is 19.6 Å². The third-order valence-corrected chi connectivity index (χ3v) is 5.63. The molecule has 0 N–H and O–H groups in total. The van der Waals surface area contributed by atoms with E-state index in [1.807, 2.05) is 0 Å². The number of nitrogens with zero attached hydrogens (tertiary/aromatic N) is 2. The molecule has 21 heavy (non-hydrogen) atoms. The summed E-state index contributed by atoms with van der Waals surface area (Å²) in [5, 5.41) is 0. The molecule has 1 aromatic rings. The van der Waals surface area contributed by atoms with Crippen LogP contribution in [-0.2, 0) is 4.79 Å². The van der Waals surface area contributed by atoms with E-state index in [9.17, 15) is 4.79 Å². The van der Waals surface area contributed by atoms with Crippen molar-refractivity contribution in [2.24, 2.45) is 0 Å². The van der Waals surface area contributed by atoms with Crippen LogP contribution < -0.4 is 4.90 Å². The number of hydrogen-bond donors (Lipinski definition) is 0. The van der Waals surface area contributed by atoms with Crippen LogP contribution in [0.4, 0.5) is 5.69 Å². The summed E-state index contributed by atoms with van der Waals surface area (Å²) in [4.78, 5) is 15.1. The number of likely N-dealkylation sites (tertiary alicyclic amines) is 1. The zero-order chi connectivity index (χ0) is 15.0. The number of hydrogen-bond acceptors (Lipinski definition) is 1. The van der Waals surface area contributed by atoms with Crippen LogP contribution in [0, 0.1) is 13.8 Å². The van der Waals surface area contributed by atoms with E-state index < -0.39 is 0 Å². The van der Waals surface area contributed by atoms with Crippen LogP contribution in [-0.4, -0.2) is 42.6 Å². The first-order valence-electron chi connectivity index (χ1n) is 8.32. The molecule has 2 aliphatic rings. The van der Waals surface area contributed by atoms with Gasteiger partial charge in [-0.25, -0.2) is 0 Å². The molecule has 3 nitrogen and oxygen atoms in total. The molecule has 1 atom stereocenters. The van der Waals surface area contributed by atoms with Crippen LogP contribution in [0.15, 0.2) is 18.2 Å². The van der Waals surface area contributed by atoms with Crippen molar-refractivity contribution in [3.63, 3.8) is 0 Å². The largest absolute Gasteiger partial charge is 0.314 e. The summed E-state index contributed by atoms with van der Waals surface area (Å²) in [6, 6.07) is 6.50. The predicted molar refractivity (Wildman–Crippen MR) is 86.4 cm³/mol. The summed E-state index contributed by atoms with van der Waals surface area (Å²) in [6.07, 6.45) is 3.57. The highest BCUT2D eigenvalue weighted by atomic mass is 16.2. The number of carbonyl (C=O) groups is 1. The van der Waals surface area contributed by atoms with Crippen molar-refractivity contribution >= 4 is 11.6 Å². The summed E-state index contributed by atoms with van der Waals surface area (Å²) < 4.78 is 1.03. The van der Waals surface area contributed by atoms with Crippen molar-refractivity contribution in [2.75, 3.05) is 31.1 Å². The normalized spacial score (nSPS) is 24.8. The highest BCUT2D eigenvalue weighted by molar-refractivity contribution is 6.00. The fourth-order valence-corrected chi connectivity index (χ4v) is 4.44. The average molecular weight is 287 g/mol. The first-order chi connectivity index (χ1) is 10.1. The Morgan fingerprint density at radius 3 is 2.38 bits per heavy atom. The number of para-hydroxylation sites is 1. The smallest absolute Gasteiger partial charge is 0.285 e. The number of amides is 1. The number of benzene rings is 1. The fraction of sp³-hybridized carbons (Fsp3) is 0.611. The van der Waals surface area contributed by atoms with Crippen molar-refractivity contribution in [2.45, 2.75) is 46.1 Å². The molecule has 0 bridgehead atoms. The van der Waals surface area contributed by atoms with E-state index in [0.29, 0.717) is 5.91 Å². The molecule has 0 spiro atoms. The van der Waals surface area contributed by atoms with E-state index in [4.69, 9.17) is 0 Å². The number of carbonyl (C=O) groups excluding carboxylic acids is 1. The van der Waals surface area contributed by atoms with Gasteiger partial charge >= 0.3 is 0 Å². The number of rotatable bonds is 3. The standard InChI is InChI=1S/C18H27N2O/c1-4-20(12-5-6-13-20)16-10-11-19(18(16)21)17-14(2)8-7-9-15(17)3/h7-9,16H,4-6,10-13H2,1-3H3/q+1.